The van der Waals surface area contributed by atoms with Crippen LogP contribution < -0.4 is 5.56 Å². The molecule has 5 nitrogen and oxygen atoms in total. The van der Waals surface area contributed by atoms with Crippen LogP contribution in [-0.2, 0) is 13.1 Å². The molecule has 0 N–H and O–H groups in total. The number of benzene rings is 2. The molecule has 4 rings (SSSR count). The normalized spacial score (nSPS) is 11.0. The van der Waals surface area contributed by atoms with E-state index in [1.807, 2.05) is 36.4 Å². The fraction of sp³-hybridized carbons (Fsp3) is 0.222. The van der Waals surface area contributed by atoms with E-state index >= 15 is 0 Å². The molecule has 0 saturated carbocycles. The maximum absolute atomic E-state index is 14.4. The van der Waals surface area contributed by atoms with Crippen LogP contribution in [0.25, 0.3) is 11.0 Å². The maximum Gasteiger partial charge on any atom is 0.265 e. The summed E-state index contributed by atoms with van der Waals surface area (Å²) in [6.45, 7) is 3.02. The molecule has 0 aliphatic heterocycles. The van der Waals surface area contributed by atoms with Crippen molar-refractivity contribution in [3.63, 3.8) is 0 Å². The van der Waals surface area contributed by atoms with Gasteiger partial charge in [-0.2, -0.15) is 0 Å². The van der Waals surface area contributed by atoms with E-state index in [9.17, 15) is 14.0 Å². The zero-order chi connectivity index (χ0) is 23.2. The number of rotatable bonds is 8. The van der Waals surface area contributed by atoms with Crippen LogP contribution in [0.3, 0.4) is 0 Å². The number of unbranched alkanes of at least 4 members (excludes halogenated alkanes) is 1. The van der Waals surface area contributed by atoms with Gasteiger partial charge in [0.1, 0.15) is 17.0 Å². The monoisotopic (exact) mass is 443 g/mol. The first-order valence-corrected chi connectivity index (χ1v) is 11.1. The van der Waals surface area contributed by atoms with E-state index < -0.39 is 11.4 Å². The minimum absolute atomic E-state index is 0.00617. The van der Waals surface area contributed by atoms with Gasteiger partial charge in [0.2, 0.25) is 0 Å². The molecule has 1 amide bonds. The minimum Gasteiger partial charge on any atom is -0.334 e. The summed E-state index contributed by atoms with van der Waals surface area (Å²) in [5, 5.41) is 0.659. The Morgan fingerprint density at radius 3 is 2.55 bits per heavy atom. The van der Waals surface area contributed by atoms with Crippen LogP contribution in [0, 0.1) is 5.82 Å². The smallest absolute Gasteiger partial charge is 0.265 e. The van der Waals surface area contributed by atoms with Crippen LogP contribution in [0.2, 0.25) is 0 Å². The zero-order valence-corrected chi connectivity index (χ0v) is 18.6. The molecule has 168 valence electrons. The van der Waals surface area contributed by atoms with Crippen LogP contribution in [0.15, 0.2) is 83.8 Å². The number of fused-ring (bicyclic) bond motifs is 1. The van der Waals surface area contributed by atoms with Crippen molar-refractivity contribution >= 4 is 16.9 Å². The van der Waals surface area contributed by atoms with Crippen molar-refractivity contribution in [2.24, 2.45) is 0 Å². The lowest BCUT2D eigenvalue weighted by Crippen LogP contribution is -2.37. The van der Waals surface area contributed by atoms with Gasteiger partial charge in [-0.05, 0) is 36.2 Å². The van der Waals surface area contributed by atoms with Crippen molar-refractivity contribution in [2.75, 3.05) is 6.54 Å². The molecule has 2 aromatic carbocycles. The van der Waals surface area contributed by atoms with E-state index in [1.54, 1.807) is 41.4 Å². The number of carbonyl (C=O) groups excluding carboxylic acids is 1. The summed E-state index contributed by atoms with van der Waals surface area (Å²) < 4.78 is 15.8. The number of hydrogen-bond donors (Lipinski definition) is 0. The summed E-state index contributed by atoms with van der Waals surface area (Å²) in [5.74, 6) is -0.732. The molecule has 33 heavy (non-hydrogen) atoms. The summed E-state index contributed by atoms with van der Waals surface area (Å²) in [6.07, 6.45) is 3.35. The lowest BCUT2D eigenvalue weighted by Gasteiger charge is -2.23. The Morgan fingerprint density at radius 1 is 1.03 bits per heavy atom. The molecular weight excluding hydrogens is 417 g/mol. The van der Waals surface area contributed by atoms with E-state index in [-0.39, 0.29) is 18.0 Å². The number of carbonyl (C=O) groups is 1. The minimum atomic E-state index is -0.469. The first-order chi connectivity index (χ1) is 16.1. The van der Waals surface area contributed by atoms with Gasteiger partial charge in [0.05, 0.1) is 6.54 Å². The molecule has 2 aromatic heterocycles. The van der Waals surface area contributed by atoms with E-state index in [1.165, 1.54) is 10.6 Å². The van der Waals surface area contributed by atoms with Gasteiger partial charge < -0.3 is 4.90 Å². The van der Waals surface area contributed by atoms with E-state index in [4.69, 9.17) is 0 Å². The molecule has 0 bridgehead atoms. The van der Waals surface area contributed by atoms with Gasteiger partial charge in [-0.25, -0.2) is 9.37 Å². The largest absolute Gasteiger partial charge is 0.334 e. The second-order valence-electron chi connectivity index (χ2n) is 8.02. The number of hydrogen-bond acceptors (Lipinski definition) is 3. The first kappa shape index (κ1) is 22.4. The molecule has 2 heterocycles. The highest BCUT2D eigenvalue weighted by atomic mass is 19.1. The van der Waals surface area contributed by atoms with Gasteiger partial charge in [-0.1, -0.05) is 61.9 Å². The quantitative estimate of drug-likeness (QED) is 0.384. The Morgan fingerprint density at radius 2 is 1.79 bits per heavy atom. The van der Waals surface area contributed by atoms with Gasteiger partial charge in [-0.3, -0.25) is 14.2 Å². The number of halogens is 1. The third kappa shape index (κ3) is 5.00. The van der Waals surface area contributed by atoms with Gasteiger partial charge >= 0.3 is 0 Å². The SMILES string of the molecule is CCCCN(Cc1ccccc1)C(=O)c1cc2cccnc2n(Cc2ccccc2F)c1=O. The molecular formula is C27H26FN3O2. The zero-order valence-electron chi connectivity index (χ0n) is 18.6. The molecule has 0 atom stereocenters. The third-order valence-electron chi connectivity index (χ3n) is 5.65. The highest BCUT2D eigenvalue weighted by Crippen LogP contribution is 2.17. The summed E-state index contributed by atoms with van der Waals surface area (Å²) in [6, 6.07) is 21.2. The van der Waals surface area contributed by atoms with Gasteiger partial charge in [-0.15, -0.1) is 0 Å². The van der Waals surface area contributed by atoms with Crippen molar-refractivity contribution in [3.8, 4) is 0 Å². The molecule has 0 radical (unpaired) electrons. The van der Waals surface area contributed by atoms with E-state index in [0.717, 1.165) is 18.4 Å². The van der Waals surface area contributed by atoms with Crippen LogP contribution in [0.4, 0.5) is 4.39 Å². The Labute approximate surface area is 192 Å². The average Bonchev–Trinajstić information content (AvgIpc) is 2.84. The fourth-order valence-corrected chi connectivity index (χ4v) is 3.88. The van der Waals surface area contributed by atoms with E-state index in [0.29, 0.717) is 29.7 Å². The maximum atomic E-state index is 14.4. The van der Waals surface area contributed by atoms with Crippen molar-refractivity contribution < 1.29 is 9.18 Å². The average molecular weight is 444 g/mol. The molecule has 0 aliphatic rings. The Bertz CT molecular complexity index is 1320. The second kappa shape index (κ2) is 10.2. The molecule has 0 unspecified atom stereocenters. The third-order valence-corrected chi connectivity index (χ3v) is 5.65. The predicted molar refractivity (Wildman–Crippen MR) is 128 cm³/mol. The molecule has 0 aliphatic carbocycles. The van der Waals surface area contributed by atoms with Gasteiger partial charge in [0.15, 0.2) is 0 Å². The van der Waals surface area contributed by atoms with Gasteiger partial charge in [0, 0.05) is 30.2 Å². The standard InChI is InChI=1S/C27H26FN3O2/c1-2-3-16-30(18-20-10-5-4-6-11-20)26(32)23-17-21-13-9-15-29-25(21)31(27(23)33)19-22-12-7-8-14-24(22)28/h4-15,17H,2-3,16,18-19H2,1H3. The lowest BCUT2D eigenvalue weighted by atomic mass is 10.1. The summed E-state index contributed by atoms with van der Waals surface area (Å²) in [7, 11) is 0. The summed E-state index contributed by atoms with van der Waals surface area (Å²) in [5.41, 5.74) is 1.38. The lowest BCUT2D eigenvalue weighted by molar-refractivity contribution is 0.0738. The van der Waals surface area contributed by atoms with Gasteiger partial charge in [0.25, 0.3) is 11.5 Å². The summed E-state index contributed by atoms with van der Waals surface area (Å²) >= 11 is 0. The topological polar surface area (TPSA) is 55.2 Å². The van der Waals surface area contributed by atoms with Crippen LogP contribution in [-0.4, -0.2) is 26.9 Å². The van der Waals surface area contributed by atoms with E-state index in [2.05, 4.69) is 11.9 Å². The molecule has 0 fully saturated rings. The fourth-order valence-electron chi connectivity index (χ4n) is 3.88. The highest BCUT2D eigenvalue weighted by Gasteiger charge is 2.22. The molecule has 0 spiro atoms. The Hall–Kier alpha value is -3.80. The number of aromatic nitrogens is 2. The van der Waals surface area contributed by atoms with Crippen molar-refractivity contribution in [1.29, 1.82) is 0 Å². The first-order valence-electron chi connectivity index (χ1n) is 11.1. The van der Waals surface area contributed by atoms with Crippen LogP contribution in [0.1, 0.15) is 41.3 Å². The van der Waals surface area contributed by atoms with Crippen LogP contribution >= 0.6 is 0 Å². The molecule has 4 aromatic rings. The van der Waals surface area contributed by atoms with Crippen molar-refractivity contribution in [1.82, 2.24) is 14.5 Å². The molecule has 0 saturated heterocycles. The Kier molecular flexibility index (Phi) is 6.93. The van der Waals surface area contributed by atoms with Crippen molar-refractivity contribution in [3.05, 3.63) is 112 Å². The van der Waals surface area contributed by atoms with Crippen molar-refractivity contribution in [2.45, 2.75) is 32.9 Å². The molecule has 6 heteroatoms. The number of pyridine rings is 2. The summed E-state index contributed by atoms with van der Waals surface area (Å²) in [4.78, 5) is 33.2. The predicted octanol–water partition coefficient (Wildman–Crippen LogP) is 5.03. The van der Waals surface area contributed by atoms with Crippen LogP contribution in [0.5, 0.6) is 0 Å². The Balaban J connectivity index is 1.78. The highest BCUT2D eigenvalue weighted by molar-refractivity contribution is 5.97. The number of nitrogens with zero attached hydrogens (tertiary/aromatic N) is 3. The second-order valence-corrected chi connectivity index (χ2v) is 8.02. The number of amides is 1.